The van der Waals surface area contributed by atoms with Crippen molar-refractivity contribution in [3.8, 4) is 0 Å². The van der Waals surface area contributed by atoms with Crippen LogP contribution in [0.3, 0.4) is 0 Å². The fraction of sp³-hybridized carbons (Fsp3) is 0.182. The van der Waals surface area contributed by atoms with Crippen molar-refractivity contribution in [2.75, 3.05) is 0 Å². The maximum atomic E-state index is 13.3. The maximum Gasteiger partial charge on any atom is 0.291 e. The molecule has 9 heteroatoms. The number of nitrogens with zero attached hydrogens (tertiary/aromatic N) is 5. The number of halogens is 2. The summed E-state index contributed by atoms with van der Waals surface area (Å²) in [6, 6.07) is 14.5. The van der Waals surface area contributed by atoms with Gasteiger partial charge in [0.25, 0.3) is 5.76 Å². The van der Waals surface area contributed by atoms with Gasteiger partial charge in [0.15, 0.2) is 5.16 Å². The smallest absolute Gasteiger partial charge is 0.291 e. The summed E-state index contributed by atoms with van der Waals surface area (Å²) in [6.07, 6.45) is 6.72. The SMILES string of the molecule is O=C(Cn1c(SC(F)F)nc2ccccc21)N(Cc1ccncc1)Cc1cccnc1. The number of carbonyl (C=O) groups is 1. The predicted octanol–water partition coefficient (Wildman–Crippen LogP) is 4.37. The molecule has 4 aromatic rings. The number of carbonyl (C=O) groups excluding carboxylic acids is 1. The Morgan fingerprint density at radius 2 is 1.74 bits per heavy atom. The van der Waals surface area contributed by atoms with E-state index in [-0.39, 0.29) is 17.6 Å². The van der Waals surface area contributed by atoms with E-state index < -0.39 is 5.76 Å². The predicted molar refractivity (Wildman–Crippen MR) is 114 cm³/mol. The second kappa shape index (κ2) is 9.65. The molecule has 0 unspecified atom stereocenters. The van der Waals surface area contributed by atoms with Crippen molar-refractivity contribution < 1.29 is 13.6 Å². The summed E-state index contributed by atoms with van der Waals surface area (Å²) in [5, 5.41) is 0.120. The molecule has 0 spiro atoms. The van der Waals surface area contributed by atoms with E-state index >= 15 is 0 Å². The van der Waals surface area contributed by atoms with Crippen molar-refractivity contribution >= 4 is 28.7 Å². The monoisotopic (exact) mass is 439 g/mol. The molecule has 0 aliphatic rings. The lowest BCUT2D eigenvalue weighted by molar-refractivity contribution is -0.133. The van der Waals surface area contributed by atoms with Crippen LogP contribution in [0.1, 0.15) is 11.1 Å². The van der Waals surface area contributed by atoms with Crippen LogP contribution in [0.25, 0.3) is 11.0 Å². The first-order valence-electron chi connectivity index (χ1n) is 9.56. The molecule has 1 amide bonds. The minimum absolute atomic E-state index is 0.0963. The van der Waals surface area contributed by atoms with Crippen molar-refractivity contribution in [1.82, 2.24) is 24.4 Å². The van der Waals surface area contributed by atoms with Crippen LogP contribution < -0.4 is 0 Å². The van der Waals surface area contributed by atoms with Gasteiger partial charge in [0.2, 0.25) is 5.91 Å². The van der Waals surface area contributed by atoms with Crippen LogP contribution in [-0.2, 0) is 24.4 Å². The molecular formula is C22H19F2N5OS. The van der Waals surface area contributed by atoms with Gasteiger partial charge >= 0.3 is 0 Å². The fourth-order valence-electron chi connectivity index (χ4n) is 3.26. The number of alkyl halides is 2. The molecule has 3 aromatic heterocycles. The Kier molecular flexibility index (Phi) is 6.51. The van der Waals surface area contributed by atoms with Crippen LogP contribution in [0.2, 0.25) is 0 Å². The Hall–Kier alpha value is -3.33. The summed E-state index contributed by atoms with van der Waals surface area (Å²) in [7, 11) is 0. The number of hydrogen-bond acceptors (Lipinski definition) is 5. The average molecular weight is 439 g/mol. The number of amides is 1. The third-order valence-electron chi connectivity index (χ3n) is 4.68. The molecule has 0 fully saturated rings. The molecular weight excluding hydrogens is 420 g/mol. The summed E-state index contributed by atoms with van der Waals surface area (Å²) >= 11 is 0.342. The molecule has 0 saturated heterocycles. The molecule has 31 heavy (non-hydrogen) atoms. The summed E-state index contributed by atoms with van der Waals surface area (Å²) in [6.45, 7) is 0.611. The number of para-hydroxylation sites is 2. The van der Waals surface area contributed by atoms with Gasteiger partial charge in [0.1, 0.15) is 6.54 Å². The van der Waals surface area contributed by atoms with Gasteiger partial charge in [0, 0.05) is 37.9 Å². The molecule has 0 saturated carbocycles. The molecule has 3 heterocycles. The molecule has 6 nitrogen and oxygen atoms in total. The Labute approximate surface area is 182 Å². The van der Waals surface area contributed by atoms with E-state index in [4.69, 9.17) is 0 Å². The van der Waals surface area contributed by atoms with Gasteiger partial charge in [-0.3, -0.25) is 14.8 Å². The number of benzene rings is 1. The highest BCUT2D eigenvalue weighted by Crippen LogP contribution is 2.28. The van der Waals surface area contributed by atoms with Crippen LogP contribution in [0.15, 0.2) is 78.5 Å². The lowest BCUT2D eigenvalue weighted by Gasteiger charge is -2.24. The van der Waals surface area contributed by atoms with Crippen molar-refractivity contribution in [2.24, 2.45) is 0 Å². The minimum Gasteiger partial charge on any atom is -0.332 e. The molecule has 0 aliphatic carbocycles. The largest absolute Gasteiger partial charge is 0.332 e. The summed E-state index contributed by atoms with van der Waals surface area (Å²) in [5.74, 6) is -2.84. The minimum atomic E-state index is -2.63. The fourth-order valence-corrected chi connectivity index (χ4v) is 3.86. The number of hydrogen-bond donors (Lipinski definition) is 0. The quantitative estimate of drug-likeness (QED) is 0.382. The van der Waals surface area contributed by atoms with E-state index in [2.05, 4.69) is 15.0 Å². The highest BCUT2D eigenvalue weighted by atomic mass is 32.2. The van der Waals surface area contributed by atoms with E-state index in [0.29, 0.717) is 35.9 Å². The molecule has 1 aromatic carbocycles. The highest BCUT2D eigenvalue weighted by molar-refractivity contribution is 7.99. The van der Waals surface area contributed by atoms with Crippen LogP contribution in [0.5, 0.6) is 0 Å². The van der Waals surface area contributed by atoms with Crippen LogP contribution in [0.4, 0.5) is 8.78 Å². The molecule has 0 bridgehead atoms. The standard InChI is InChI=1S/C22H19F2N5OS/c23-21(24)31-22-27-18-5-1-2-6-19(18)29(22)15-20(30)28(13-16-7-10-25-11-8-16)14-17-4-3-9-26-12-17/h1-12,21H,13-15H2. The maximum absolute atomic E-state index is 13.3. The van der Waals surface area contributed by atoms with E-state index in [1.54, 1.807) is 58.5 Å². The summed E-state index contributed by atoms with van der Waals surface area (Å²) in [5.41, 5.74) is 3.02. The average Bonchev–Trinajstić information content (AvgIpc) is 3.11. The topological polar surface area (TPSA) is 63.9 Å². The molecule has 158 valence electrons. The van der Waals surface area contributed by atoms with E-state index in [0.717, 1.165) is 11.1 Å². The number of fused-ring (bicyclic) bond motifs is 1. The second-order valence-corrected chi connectivity index (χ2v) is 7.77. The van der Waals surface area contributed by atoms with Gasteiger partial charge in [-0.05, 0) is 53.2 Å². The summed E-state index contributed by atoms with van der Waals surface area (Å²) in [4.78, 5) is 27.4. The van der Waals surface area contributed by atoms with Gasteiger partial charge in [0.05, 0.1) is 11.0 Å². The van der Waals surface area contributed by atoms with Crippen molar-refractivity contribution in [2.45, 2.75) is 30.5 Å². The second-order valence-electron chi connectivity index (χ2n) is 6.81. The van der Waals surface area contributed by atoms with Gasteiger partial charge < -0.3 is 9.47 Å². The van der Waals surface area contributed by atoms with E-state index in [1.807, 2.05) is 24.3 Å². The Bertz CT molecular complexity index is 1110. The van der Waals surface area contributed by atoms with Crippen LogP contribution >= 0.6 is 11.8 Å². The number of thioether (sulfide) groups is 1. The highest BCUT2D eigenvalue weighted by Gasteiger charge is 2.21. The lowest BCUT2D eigenvalue weighted by atomic mass is 10.2. The van der Waals surface area contributed by atoms with Crippen LogP contribution in [-0.4, -0.2) is 36.1 Å². The summed E-state index contributed by atoms with van der Waals surface area (Å²) < 4.78 is 27.8. The molecule has 0 radical (unpaired) electrons. The van der Waals surface area contributed by atoms with Crippen LogP contribution in [0, 0.1) is 0 Å². The molecule has 0 N–H and O–H groups in total. The zero-order chi connectivity index (χ0) is 21.6. The van der Waals surface area contributed by atoms with E-state index in [1.165, 1.54) is 0 Å². The van der Waals surface area contributed by atoms with E-state index in [9.17, 15) is 13.6 Å². The molecule has 0 atom stereocenters. The third kappa shape index (κ3) is 5.24. The van der Waals surface area contributed by atoms with Crippen molar-refractivity contribution in [1.29, 1.82) is 0 Å². The first-order valence-corrected chi connectivity index (χ1v) is 10.4. The first-order chi connectivity index (χ1) is 15.1. The van der Waals surface area contributed by atoms with Crippen molar-refractivity contribution in [3.63, 3.8) is 0 Å². The number of rotatable bonds is 8. The van der Waals surface area contributed by atoms with Gasteiger partial charge in [-0.2, -0.15) is 8.78 Å². The Morgan fingerprint density at radius 3 is 2.48 bits per heavy atom. The zero-order valence-electron chi connectivity index (χ0n) is 16.4. The molecule has 4 rings (SSSR count). The number of pyridine rings is 2. The van der Waals surface area contributed by atoms with Gasteiger partial charge in [-0.25, -0.2) is 4.98 Å². The zero-order valence-corrected chi connectivity index (χ0v) is 17.3. The first kappa shape index (κ1) is 20.9. The number of aromatic nitrogens is 4. The number of imidazole rings is 1. The third-order valence-corrected chi connectivity index (χ3v) is 5.38. The molecule has 0 aliphatic heterocycles. The van der Waals surface area contributed by atoms with Crippen molar-refractivity contribution in [3.05, 3.63) is 84.4 Å². The Morgan fingerprint density at radius 1 is 0.968 bits per heavy atom. The van der Waals surface area contributed by atoms with Gasteiger partial charge in [-0.1, -0.05) is 18.2 Å². The van der Waals surface area contributed by atoms with Gasteiger partial charge in [-0.15, -0.1) is 0 Å². The lowest BCUT2D eigenvalue weighted by Crippen LogP contribution is -2.33. The Balaban J connectivity index is 1.64. The normalized spacial score (nSPS) is 11.2.